The number of nitro groups is 1. The molecule has 0 amide bonds. The number of aliphatic carboxylic acids is 1. The lowest BCUT2D eigenvalue weighted by Gasteiger charge is -2.10. The highest BCUT2D eigenvalue weighted by Gasteiger charge is 2.27. The first-order chi connectivity index (χ1) is 8.86. The molecule has 9 heteroatoms. The number of carboxylic acid groups (broad SMARTS) is 1. The van der Waals surface area contributed by atoms with E-state index in [1.807, 2.05) is 0 Å². The van der Waals surface area contributed by atoms with Gasteiger partial charge in [0.15, 0.2) is 0 Å². The predicted molar refractivity (Wildman–Crippen MR) is 55.8 cm³/mol. The molecule has 1 N–H and O–H groups in total. The van der Waals surface area contributed by atoms with Gasteiger partial charge in [0.1, 0.15) is 11.6 Å². The van der Waals surface area contributed by atoms with Crippen molar-refractivity contribution < 1.29 is 28.3 Å². The highest BCUT2D eigenvalue weighted by atomic mass is 19.3. The van der Waals surface area contributed by atoms with E-state index in [9.17, 15) is 23.7 Å². The molecule has 0 saturated carbocycles. The standard InChI is InChI=1S/C10H6F2N2O5/c11-10(12)19-9-5(3-7(15)16)1-2-6(4-13)8(9)14(17)18/h1-2,10H,3H2,(H,15,16). The lowest BCUT2D eigenvalue weighted by atomic mass is 10.1. The van der Waals surface area contributed by atoms with Crippen LogP contribution in [-0.4, -0.2) is 22.6 Å². The molecule has 7 nitrogen and oxygen atoms in total. The Bertz CT molecular complexity index is 568. The Morgan fingerprint density at radius 3 is 2.63 bits per heavy atom. The number of benzene rings is 1. The van der Waals surface area contributed by atoms with Crippen molar-refractivity contribution in [1.29, 1.82) is 5.26 Å². The Kier molecular flexibility index (Phi) is 4.31. The minimum Gasteiger partial charge on any atom is -0.481 e. The zero-order valence-electron chi connectivity index (χ0n) is 9.17. The van der Waals surface area contributed by atoms with Crippen LogP contribution in [0.2, 0.25) is 0 Å². The van der Waals surface area contributed by atoms with E-state index in [4.69, 9.17) is 10.4 Å². The topological polar surface area (TPSA) is 113 Å². The van der Waals surface area contributed by atoms with Gasteiger partial charge in [-0.2, -0.15) is 14.0 Å². The van der Waals surface area contributed by atoms with E-state index >= 15 is 0 Å². The van der Waals surface area contributed by atoms with Crippen molar-refractivity contribution >= 4 is 11.7 Å². The Labute approximate surface area is 104 Å². The largest absolute Gasteiger partial charge is 0.481 e. The van der Waals surface area contributed by atoms with Crippen molar-refractivity contribution in [2.24, 2.45) is 0 Å². The monoisotopic (exact) mass is 272 g/mol. The predicted octanol–water partition coefficient (Wildman–Crippen LogP) is 1.69. The normalized spacial score (nSPS) is 10.0. The van der Waals surface area contributed by atoms with Gasteiger partial charge in [0.25, 0.3) is 0 Å². The molecule has 0 unspecified atom stereocenters. The highest BCUT2D eigenvalue weighted by molar-refractivity contribution is 5.74. The lowest BCUT2D eigenvalue weighted by molar-refractivity contribution is -0.386. The zero-order chi connectivity index (χ0) is 14.6. The van der Waals surface area contributed by atoms with Crippen LogP contribution in [-0.2, 0) is 11.2 Å². The van der Waals surface area contributed by atoms with Gasteiger partial charge < -0.3 is 9.84 Å². The van der Waals surface area contributed by atoms with Crippen molar-refractivity contribution in [3.05, 3.63) is 33.4 Å². The van der Waals surface area contributed by atoms with E-state index in [2.05, 4.69) is 4.74 Å². The van der Waals surface area contributed by atoms with Gasteiger partial charge >= 0.3 is 18.3 Å². The van der Waals surface area contributed by atoms with Crippen LogP contribution >= 0.6 is 0 Å². The number of nitriles is 1. The molecule has 0 heterocycles. The van der Waals surface area contributed by atoms with Gasteiger partial charge in [-0.3, -0.25) is 14.9 Å². The van der Waals surface area contributed by atoms with Gasteiger partial charge in [-0.05, 0) is 6.07 Å². The molecule has 19 heavy (non-hydrogen) atoms. The van der Waals surface area contributed by atoms with E-state index in [1.54, 1.807) is 0 Å². The molecule has 1 aromatic carbocycles. The number of rotatable bonds is 5. The summed E-state index contributed by atoms with van der Waals surface area (Å²) in [6.45, 7) is -3.37. The van der Waals surface area contributed by atoms with E-state index in [0.29, 0.717) is 0 Å². The summed E-state index contributed by atoms with van der Waals surface area (Å²) in [5, 5.41) is 28.1. The Morgan fingerprint density at radius 1 is 1.58 bits per heavy atom. The molecule has 0 bridgehead atoms. The molecule has 1 aromatic rings. The first-order valence-electron chi connectivity index (χ1n) is 4.73. The molecule has 1 rings (SSSR count). The van der Waals surface area contributed by atoms with Crippen LogP contribution in [0.4, 0.5) is 14.5 Å². The van der Waals surface area contributed by atoms with Crippen LogP contribution < -0.4 is 4.74 Å². The van der Waals surface area contributed by atoms with Gasteiger partial charge in [0.2, 0.25) is 5.75 Å². The van der Waals surface area contributed by atoms with Crippen molar-refractivity contribution in [1.82, 2.24) is 0 Å². The number of carbonyl (C=O) groups is 1. The SMILES string of the molecule is N#Cc1ccc(CC(=O)O)c(OC(F)F)c1[N+](=O)[O-]. The molecule has 0 saturated heterocycles. The summed E-state index contributed by atoms with van der Waals surface area (Å²) >= 11 is 0. The van der Waals surface area contributed by atoms with Gasteiger partial charge in [-0.1, -0.05) is 6.07 Å². The number of carboxylic acids is 1. The fourth-order valence-electron chi connectivity index (χ4n) is 1.41. The van der Waals surface area contributed by atoms with Crippen LogP contribution in [0.15, 0.2) is 12.1 Å². The summed E-state index contributed by atoms with van der Waals surface area (Å²) in [5.74, 6) is -2.28. The third kappa shape index (κ3) is 3.35. The second kappa shape index (κ2) is 5.72. The summed E-state index contributed by atoms with van der Waals surface area (Å²) in [4.78, 5) is 20.3. The smallest absolute Gasteiger partial charge is 0.387 e. The van der Waals surface area contributed by atoms with Crippen LogP contribution in [0.3, 0.4) is 0 Å². The van der Waals surface area contributed by atoms with Crippen molar-refractivity contribution in [2.45, 2.75) is 13.0 Å². The average molecular weight is 272 g/mol. The number of ether oxygens (including phenoxy) is 1. The molecule has 0 aliphatic heterocycles. The molecule has 0 atom stereocenters. The fourth-order valence-corrected chi connectivity index (χ4v) is 1.41. The number of hydrogen-bond donors (Lipinski definition) is 1. The summed E-state index contributed by atoms with van der Waals surface area (Å²) in [6.07, 6.45) is -0.741. The van der Waals surface area contributed by atoms with Gasteiger partial charge in [-0.25, -0.2) is 0 Å². The van der Waals surface area contributed by atoms with Crippen molar-refractivity contribution in [2.75, 3.05) is 0 Å². The minimum atomic E-state index is -3.37. The number of nitrogens with zero attached hydrogens (tertiary/aromatic N) is 2. The number of hydrogen-bond acceptors (Lipinski definition) is 5. The summed E-state index contributed by atoms with van der Waals surface area (Å²) in [6, 6.07) is 3.46. The van der Waals surface area contributed by atoms with E-state index in [0.717, 1.165) is 12.1 Å². The minimum absolute atomic E-state index is 0.307. The fraction of sp³-hybridized carbons (Fsp3) is 0.200. The van der Waals surface area contributed by atoms with Gasteiger partial charge in [0, 0.05) is 5.56 Å². The average Bonchev–Trinajstić information content (AvgIpc) is 2.29. The van der Waals surface area contributed by atoms with Crippen molar-refractivity contribution in [3.63, 3.8) is 0 Å². The second-order valence-corrected chi connectivity index (χ2v) is 3.27. The molecular weight excluding hydrogens is 266 g/mol. The van der Waals surface area contributed by atoms with E-state index in [1.165, 1.54) is 6.07 Å². The van der Waals surface area contributed by atoms with Crippen molar-refractivity contribution in [3.8, 4) is 11.8 Å². The summed E-state index contributed by atoms with van der Waals surface area (Å²) < 4.78 is 28.5. The van der Waals surface area contributed by atoms with Gasteiger partial charge in [0.05, 0.1) is 11.3 Å². The lowest BCUT2D eigenvalue weighted by Crippen LogP contribution is -2.10. The first-order valence-corrected chi connectivity index (χ1v) is 4.73. The first kappa shape index (κ1) is 14.3. The Balaban J connectivity index is 3.49. The maximum atomic E-state index is 12.2. The second-order valence-electron chi connectivity index (χ2n) is 3.27. The molecule has 0 aromatic heterocycles. The van der Waals surface area contributed by atoms with Crippen LogP contribution in [0.1, 0.15) is 11.1 Å². The summed E-state index contributed by atoms with van der Waals surface area (Å²) in [5.41, 5.74) is -1.77. The van der Waals surface area contributed by atoms with E-state index in [-0.39, 0.29) is 5.56 Å². The highest BCUT2D eigenvalue weighted by Crippen LogP contribution is 2.35. The molecule has 0 aliphatic carbocycles. The summed E-state index contributed by atoms with van der Waals surface area (Å²) in [7, 11) is 0. The number of halogens is 2. The zero-order valence-corrected chi connectivity index (χ0v) is 9.17. The molecule has 0 radical (unpaired) electrons. The third-order valence-corrected chi connectivity index (χ3v) is 2.06. The molecule has 100 valence electrons. The third-order valence-electron chi connectivity index (χ3n) is 2.06. The van der Waals surface area contributed by atoms with Crippen LogP contribution in [0.25, 0.3) is 0 Å². The number of alkyl halides is 2. The quantitative estimate of drug-likeness (QED) is 0.644. The maximum Gasteiger partial charge on any atom is 0.387 e. The van der Waals surface area contributed by atoms with Gasteiger partial charge in [-0.15, -0.1) is 0 Å². The molecular formula is C10H6F2N2O5. The van der Waals surface area contributed by atoms with Crippen LogP contribution in [0, 0.1) is 21.4 Å². The van der Waals surface area contributed by atoms with Crippen LogP contribution in [0.5, 0.6) is 5.75 Å². The maximum absolute atomic E-state index is 12.2. The Hall–Kier alpha value is -2.76. The van der Waals surface area contributed by atoms with E-state index < -0.39 is 40.9 Å². The Morgan fingerprint density at radius 2 is 2.21 bits per heavy atom. The molecule has 0 spiro atoms. The molecule has 0 aliphatic rings. The molecule has 0 fully saturated rings. The number of nitro benzene ring substituents is 1.